The number of rotatable bonds is 9. The fourth-order valence-electron chi connectivity index (χ4n) is 3.47. The van der Waals surface area contributed by atoms with E-state index < -0.39 is 0 Å². The maximum atomic E-state index is 11.1. The number of hydroxylamine groups is 1. The minimum Gasteiger partial charge on any atom is -0.378 e. The molecular weight excluding hydrogens is 430 g/mol. The standard InChI is InChI=1S/C21H27N7O3S/c1-22-16-6-5-14(13-24-16)20-25-15-12-18(23-7-3-2-4-17(29)27-30)32-19(15)21(26-20)28-8-10-31-11-9-28/h5-6,12-13,23,30H,2-4,7-11H2,1H3,(H,22,24)(H,27,29). The molecule has 0 bridgehead atoms. The molecule has 1 saturated heterocycles. The number of carbonyl (C=O) groups excluding carboxylic acids is 1. The van der Waals surface area contributed by atoms with Crippen LogP contribution in [-0.4, -0.2) is 66.0 Å². The van der Waals surface area contributed by atoms with Crippen LogP contribution in [0.5, 0.6) is 0 Å². The summed E-state index contributed by atoms with van der Waals surface area (Å²) in [5.41, 5.74) is 3.41. The molecule has 4 rings (SSSR count). The van der Waals surface area contributed by atoms with Crippen molar-refractivity contribution in [3.05, 3.63) is 24.4 Å². The highest BCUT2D eigenvalue weighted by atomic mass is 32.1. The number of thiophene rings is 1. The predicted molar refractivity (Wildman–Crippen MR) is 125 cm³/mol. The van der Waals surface area contributed by atoms with Gasteiger partial charge < -0.3 is 20.3 Å². The van der Waals surface area contributed by atoms with Crippen molar-refractivity contribution in [2.45, 2.75) is 19.3 Å². The number of morpholine rings is 1. The molecule has 1 aliphatic rings. The molecule has 32 heavy (non-hydrogen) atoms. The minimum atomic E-state index is -0.359. The number of hydrogen-bond acceptors (Lipinski definition) is 10. The lowest BCUT2D eigenvalue weighted by molar-refractivity contribution is -0.129. The first kappa shape index (κ1) is 22.2. The van der Waals surface area contributed by atoms with Crippen LogP contribution in [0.3, 0.4) is 0 Å². The number of unbranched alkanes of at least 4 members (excludes halogenated alkanes) is 1. The van der Waals surface area contributed by atoms with Gasteiger partial charge in [0.1, 0.15) is 5.82 Å². The molecule has 3 aromatic rings. The highest BCUT2D eigenvalue weighted by Gasteiger charge is 2.20. The van der Waals surface area contributed by atoms with E-state index in [0.29, 0.717) is 31.9 Å². The van der Waals surface area contributed by atoms with E-state index in [0.717, 1.165) is 58.5 Å². The van der Waals surface area contributed by atoms with Crippen LogP contribution in [0.4, 0.5) is 16.6 Å². The fourth-order valence-corrected chi connectivity index (χ4v) is 4.51. The number of pyridine rings is 1. The van der Waals surface area contributed by atoms with Gasteiger partial charge in [-0.3, -0.25) is 10.0 Å². The Morgan fingerprint density at radius 1 is 1.25 bits per heavy atom. The van der Waals surface area contributed by atoms with Gasteiger partial charge in [0.25, 0.3) is 0 Å². The van der Waals surface area contributed by atoms with Gasteiger partial charge in [-0.25, -0.2) is 20.4 Å². The van der Waals surface area contributed by atoms with Crippen molar-refractivity contribution in [1.29, 1.82) is 0 Å². The van der Waals surface area contributed by atoms with Gasteiger partial charge in [-0.1, -0.05) is 0 Å². The van der Waals surface area contributed by atoms with Crippen molar-refractivity contribution < 1.29 is 14.7 Å². The number of amides is 1. The molecule has 10 nitrogen and oxygen atoms in total. The second kappa shape index (κ2) is 10.5. The molecule has 11 heteroatoms. The van der Waals surface area contributed by atoms with Crippen LogP contribution >= 0.6 is 11.3 Å². The van der Waals surface area contributed by atoms with Gasteiger partial charge in [-0.05, 0) is 31.0 Å². The zero-order valence-corrected chi connectivity index (χ0v) is 18.7. The number of nitrogens with one attached hydrogen (secondary N) is 3. The van der Waals surface area contributed by atoms with Gasteiger partial charge in [0.05, 0.1) is 28.4 Å². The Bertz CT molecular complexity index is 1050. The summed E-state index contributed by atoms with van der Waals surface area (Å²) in [6.45, 7) is 3.66. The molecule has 4 N–H and O–H groups in total. The molecule has 4 heterocycles. The summed E-state index contributed by atoms with van der Waals surface area (Å²) in [5, 5.41) is 16.0. The number of carbonyl (C=O) groups is 1. The summed E-state index contributed by atoms with van der Waals surface area (Å²) in [7, 11) is 1.84. The molecule has 0 radical (unpaired) electrons. The average molecular weight is 458 g/mol. The van der Waals surface area contributed by atoms with E-state index in [4.69, 9.17) is 19.9 Å². The van der Waals surface area contributed by atoms with Gasteiger partial charge in [-0.2, -0.15) is 0 Å². The Morgan fingerprint density at radius 2 is 2.09 bits per heavy atom. The maximum absolute atomic E-state index is 11.1. The summed E-state index contributed by atoms with van der Waals surface area (Å²) in [6, 6.07) is 5.93. The molecule has 1 fully saturated rings. The molecule has 1 aliphatic heterocycles. The fraction of sp³-hybridized carbons (Fsp3) is 0.429. The van der Waals surface area contributed by atoms with Crippen LogP contribution in [0, 0.1) is 0 Å². The van der Waals surface area contributed by atoms with Gasteiger partial charge in [0.15, 0.2) is 11.6 Å². The SMILES string of the molecule is CNc1ccc(-c2nc(N3CCOCC3)c3sc(NCCCCC(=O)NO)cc3n2)cn1. The number of hydrogen-bond donors (Lipinski definition) is 4. The lowest BCUT2D eigenvalue weighted by atomic mass is 10.2. The predicted octanol–water partition coefficient (Wildman–Crippen LogP) is 2.72. The molecule has 3 aromatic heterocycles. The molecular formula is C21H27N7O3S. The molecule has 170 valence electrons. The quantitative estimate of drug-likeness (QED) is 0.218. The number of nitrogens with zero attached hydrogens (tertiary/aromatic N) is 4. The zero-order chi connectivity index (χ0) is 22.3. The van der Waals surface area contributed by atoms with Crippen LogP contribution in [0.1, 0.15) is 19.3 Å². The monoisotopic (exact) mass is 457 g/mol. The summed E-state index contributed by atoms with van der Waals surface area (Å²) in [5.74, 6) is 2.00. The van der Waals surface area contributed by atoms with Crippen LogP contribution < -0.4 is 21.0 Å². The first-order chi connectivity index (χ1) is 15.7. The van der Waals surface area contributed by atoms with Crippen molar-refractivity contribution in [3.8, 4) is 11.4 Å². The summed E-state index contributed by atoms with van der Waals surface area (Å²) >= 11 is 1.63. The maximum Gasteiger partial charge on any atom is 0.243 e. The van der Waals surface area contributed by atoms with E-state index in [-0.39, 0.29) is 5.91 Å². The molecule has 0 aliphatic carbocycles. The Kier molecular flexibility index (Phi) is 7.30. The number of fused-ring (bicyclic) bond motifs is 1. The van der Waals surface area contributed by atoms with E-state index in [1.165, 1.54) is 0 Å². The van der Waals surface area contributed by atoms with Crippen LogP contribution in [0.15, 0.2) is 24.4 Å². The smallest absolute Gasteiger partial charge is 0.243 e. The van der Waals surface area contributed by atoms with Gasteiger partial charge in [0, 0.05) is 44.9 Å². The second-order valence-corrected chi connectivity index (χ2v) is 8.45. The van der Waals surface area contributed by atoms with Gasteiger partial charge >= 0.3 is 0 Å². The highest BCUT2D eigenvalue weighted by Crippen LogP contribution is 2.36. The molecule has 0 aromatic carbocycles. The third-order valence-electron chi connectivity index (χ3n) is 5.20. The minimum absolute atomic E-state index is 0.307. The lowest BCUT2D eigenvalue weighted by Crippen LogP contribution is -2.36. The first-order valence-corrected chi connectivity index (χ1v) is 11.4. The molecule has 0 unspecified atom stereocenters. The average Bonchev–Trinajstić information content (AvgIpc) is 3.26. The summed E-state index contributed by atoms with van der Waals surface area (Å²) in [4.78, 5) is 27.5. The van der Waals surface area contributed by atoms with Gasteiger partial charge in [-0.15, -0.1) is 11.3 Å². The van der Waals surface area contributed by atoms with Crippen LogP contribution in [-0.2, 0) is 9.53 Å². The number of ether oxygens (including phenoxy) is 1. The first-order valence-electron chi connectivity index (χ1n) is 10.6. The number of anilines is 3. The molecule has 1 amide bonds. The number of aromatic nitrogens is 3. The highest BCUT2D eigenvalue weighted by molar-refractivity contribution is 7.23. The lowest BCUT2D eigenvalue weighted by Gasteiger charge is -2.28. The Morgan fingerprint density at radius 3 is 2.81 bits per heavy atom. The Balaban J connectivity index is 1.58. The van der Waals surface area contributed by atoms with Crippen LogP contribution in [0.2, 0.25) is 0 Å². The van der Waals surface area contributed by atoms with Crippen LogP contribution in [0.25, 0.3) is 21.6 Å². The second-order valence-electron chi connectivity index (χ2n) is 7.40. The van der Waals surface area contributed by atoms with E-state index in [2.05, 4.69) is 20.5 Å². The van der Waals surface area contributed by atoms with Crippen molar-refractivity contribution in [1.82, 2.24) is 20.4 Å². The van der Waals surface area contributed by atoms with E-state index >= 15 is 0 Å². The van der Waals surface area contributed by atoms with Crippen molar-refractivity contribution in [3.63, 3.8) is 0 Å². The zero-order valence-electron chi connectivity index (χ0n) is 17.9. The Labute approximate surface area is 190 Å². The normalized spacial score (nSPS) is 13.9. The van der Waals surface area contributed by atoms with E-state index in [1.807, 2.05) is 25.2 Å². The van der Waals surface area contributed by atoms with Gasteiger partial charge in [0.2, 0.25) is 5.91 Å². The summed E-state index contributed by atoms with van der Waals surface area (Å²) < 4.78 is 6.56. The van der Waals surface area contributed by atoms with Crippen molar-refractivity contribution in [2.24, 2.45) is 0 Å². The van der Waals surface area contributed by atoms with Crippen molar-refractivity contribution >= 4 is 44.1 Å². The third kappa shape index (κ3) is 5.23. The molecule has 0 saturated carbocycles. The van der Waals surface area contributed by atoms with E-state index in [9.17, 15) is 4.79 Å². The van der Waals surface area contributed by atoms with Crippen molar-refractivity contribution in [2.75, 3.05) is 55.4 Å². The largest absolute Gasteiger partial charge is 0.378 e. The molecule has 0 spiro atoms. The third-order valence-corrected chi connectivity index (χ3v) is 6.27. The van der Waals surface area contributed by atoms with E-state index in [1.54, 1.807) is 23.0 Å². The molecule has 0 atom stereocenters. The topological polar surface area (TPSA) is 125 Å². The Hall–Kier alpha value is -3.02. The summed E-state index contributed by atoms with van der Waals surface area (Å²) in [6.07, 6.45) is 3.60.